The second kappa shape index (κ2) is 13.4. The average Bonchev–Trinajstić information content (AvgIpc) is 3.29. The molecule has 1 saturated heterocycles. The van der Waals surface area contributed by atoms with Gasteiger partial charge in [-0.1, -0.05) is 55.9 Å². The topological polar surface area (TPSA) is 112 Å². The van der Waals surface area contributed by atoms with Crippen molar-refractivity contribution in [1.82, 2.24) is 5.32 Å². The number of carbonyl (C=O) groups is 3. The van der Waals surface area contributed by atoms with Crippen molar-refractivity contribution in [3.05, 3.63) is 83.9 Å². The maximum atomic E-state index is 12.6. The lowest BCUT2D eigenvalue weighted by atomic mass is 10.0. The first-order valence-corrected chi connectivity index (χ1v) is 13.9. The molecule has 1 fully saturated rings. The molecule has 1 heterocycles. The van der Waals surface area contributed by atoms with Crippen molar-refractivity contribution in [2.24, 2.45) is 4.99 Å². The molecule has 3 aromatic carbocycles. The third kappa shape index (κ3) is 8.49. The summed E-state index contributed by atoms with van der Waals surface area (Å²) in [6.07, 6.45) is -4.29. The van der Waals surface area contributed by atoms with E-state index >= 15 is 0 Å². The summed E-state index contributed by atoms with van der Waals surface area (Å²) < 4.78 is 40.6. The first kappa shape index (κ1) is 30.4. The van der Waals surface area contributed by atoms with Gasteiger partial charge in [0, 0.05) is 17.9 Å². The van der Waals surface area contributed by atoms with Crippen LogP contribution in [0.5, 0.6) is 5.75 Å². The monoisotopic (exact) mass is 599 g/mol. The van der Waals surface area contributed by atoms with Gasteiger partial charge in [-0.2, -0.15) is 4.99 Å². The van der Waals surface area contributed by atoms with Gasteiger partial charge in [0.25, 0.3) is 0 Å². The number of halogens is 3. The van der Waals surface area contributed by atoms with Crippen LogP contribution in [0, 0.1) is 0 Å². The van der Waals surface area contributed by atoms with Crippen LogP contribution in [0.1, 0.15) is 30.9 Å². The fourth-order valence-electron chi connectivity index (χ4n) is 4.09. The van der Waals surface area contributed by atoms with Gasteiger partial charge in [0.2, 0.25) is 5.91 Å². The maximum absolute atomic E-state index is 12.6. The highest BCUT2D eigenvalue weighted by atomic mass is 32.2. The van der Waals surface area contributed by atoms with Crippen molar-refractivity contribution in [3.63, 3.8) is 0 Å². The van der Waals surface area contributed by atoms with E-state index in [1.807, 2.05) is 38.1 Å². The molecule has 1 aliphatic rings. The van der Waals surface area contributed by atoms with Gasteiger partial charge >= 0.3 is 18.4 Å². The van der Waals surface area contributed by atoms with Gasteiger partial charge in [0.15, 0.2) is 5.17 Å². The highest BCUT2D eigenvalue weighted by Crippen LogP contribution is 2.33. The van der Waals surface area contributed by atoms with E-state index in [9.17, 15) is 27.6 Å². The minimum Gasteiger partial charge on any atom is -0.406 e. The van der Waals surface area contributed by atoms with Crippen LogP contribution in [0.2, 0.25) is 0 Å². The van der Waals surface area contributed by atoms with E-state index in [1.165, 1.54) is 28.8 Å². The van der Waals surface area contributed by atoms with E-state index in [1.54, 1.807) is 24.3 Å². The lowest BCUT2D eigenvalue weighted by Crippen LogP contribution is -2.32. The zero-order valence-corrected chi connectivity index (χ0v) is 23.5. The molecular formula is C29H28F3N5O4S. The molecule has 0 aromatic heterocycles. The first-order chi connectivity index (χ1) is 20.0. The second-order valence-corrected chi connectivity index (χ2v) is 10.4. The van der Waals surface area contributed by atoms with E-state index < -0.39 is 24.2 Å². The van der Waals surface area contributed by atoms with Crippen LogP contribution in [-0.4, -0.2) is 41.8 Å². The van der Waals surface area contributed by atoms with E-state index in [0.717, 1.165) is 28.9 Å². The molecule has 3 N–H and O–H groups in total. The number of nitrogens with one attached hydrogen (secondary N) is 3. The molecule has 9 nitrogen and oxygen atoms in total. The van der Waals surface area contributed by atoms with Crippen molar-refractivity contribution in [2.75, 3.05) is 27.8 Å². The fraction of sp³-hybridized carbons (Fsp3) is 0.241. The number of carbonyl (C=O) groups excluding carboxylic acids is 3. The molecule has 13 heteroatoms. The number of para-hydroxylation sites is 1. The van der Waals surface area contributed by atoms with Crippen LogP contribution in [0.4, 0.5) is 39.8 Å². The summed E-state index contributed by atoms with van der Waals surface area (Å²) in [5.74, 6) is -0.127. The third-order valence-corrected chi connectivity index (χ3v) is 6.93. The molecule has 0 bridgehead atoms. The van der Waals surface area contributed by atoms with E-state index in [4.69, 9.17) is 0 Å². The summed E-state index contributed by atoms with van der Waals surface area (Å²) >= 11 is 1.22. The number of aliphatic imine (C=N–C) groups is 1. The van der Waals surface area contributed by atoms with Gasteiger partial charge in [-0.3, -0.25) is 9.69 Å². The number of benzene rings is 3. The molecule has 0 radical (unpaired) electrons. The summed E-state index contributed by atoms with van der Waals surface area (Å²) in [7, 11) is 0. The Morgan fingerprint density at radius 1 is 0.976 bits per heavy atom. The van der Waals surface area contributed by atoms with Crippen LogP contribution in [0.15, 0.2) is 77.8 Å². The Morgan fingerprint density at radius 3 is 2.21 bits per heavy atom. The molecule has 0 aliphatic carbocycles. The summed E-state index contributed by atoms with van der Waals surface area (Å²) in [6, 6.07) is 18.1. The Labute approximate surface area is 244 Å². The van der Waals surface area contributed by atoms with Crippen molar-refractivity contribution in [1.29, 1.82) is 0 Å². The molecule has 0 spiro atoms. The summed E-state index contributed by atoms with van der Waals surface area (Å²) in [6.45, 7) is 4.38. The number of urea groups is 2. The molecule has 42 heavy (non-hydrogen) atoms. The van der Waals surface area contributed by atoms with Crippen LogP contribution in [0.25, 0.3) is 0 Å². The molecule has 0 saturated carbocycles. The summed E-state index contributed by atoms with van der Waals surface area (Å²) in [4.78, 5) is 43.0. The van der Waals surface area contributed by atoms with Crippen molar-refractivity contribution >= 4 is 52.0 Å². The standard InChI is InChI=1S/C29H28F3N5O4S/c1-18(2)23-5-3-4-6-24(23)37-25(38)17-42-28(37)36-26(39)33-16-15-19-7-9-20(10-8-19)34-27(40)35-21-11-13-22(14-12-21)41-29(30,31)32/h3-14,18H,15-17H2,1-2H3,(H,33,39)(H2,34,35,40). The van der Waals surface area contributed by atoms with Crippen molar-refractivity contribution in [3.8, 4) is 5.75 Å². The number of ether oxygens (including phenoxy) is 1. The Hall–Kier alpha value is -4.52. The highest BCUT2D eigenvalue weighted by Gasteiger charge is 2.32. The SMILES string of the molecule is CC(C)c1ccccc1N1C(=O)CSC1=NC(=O)NCCc1ccc(NC(=O)Nc2ccc(OC(F)(F)F)cc2)cc1. The number of hydrogen-bond acceptors (Lipinski definition) is 5. The lowest BCUT2D eigenvalue weighted by Gasteiger charge is -2.21. The van der Waals surface area contributed by atoms with Crippen molar-refractivity contribution < 1.29 is 32.3 Å². The molecule has 3 aromatic rings. The molecule has 220 valence electrons. The van der Waals surface area contributed by atoms with Crippen LogP contribution in [0.3, 0.4) is 0 Å². The van der Waals surface area contributed by atoms with Crippen LogP contribution < -0.4 is 25.6 Å². The zero-order valence-electron chi connectivity index (χ0n) is 22.7. The maximum Gasteiger partial charge on any atom is 0.573 e. The fourth-order valence-corrected chi connectivity index (χ4v) is 4.95. The molecule has 0 unspecified atom stereocenters. The molecular weight excluding hydrogens is 571 g/mol. The van der Waals surface area contributed by atoms with Gasteiger partial charge in [-0.25, -0.2) is 9.59 Å². The lowest BCUT2D eigenvalue weighted by molar-refractivity contribution is -0.274. The average molecular weight is 600 g/mol. The van der Waals surface area contributed by atoms with Gasteiger partial charge in [-0.05, 0) is 65.9 Å². The minimum atomic E-state index is -4.79. The Morgan fingerprint density at radius 2 is 1.60 bits per heavy atom. The predicted octanol–water partition coefficient (Wildman–Crippen LogP) is 6.74. The largest absolute Gasteiger partial charge is 0.573 e. The minimum absolute atomic E-state index is 0.129. The molecule has 1 aliphatic heterocycles. The van der Waals surface area contributed by atoms with E-state index in [-0.39, 0.29) is 23.3 Å². The quantitative estimate of drug-likeness (QED) is 0.266. The highest BCUT2D eigenvalue weighted by molar-refractivity contribution is 8.15. The summed E-state index contributed by atoms with van der Waals surface area (Å²) in [5.41, 5.74) is 3.39. The Kier molecular flexibility index (Phi) is 9.73. The zero-order chi connectivity index (χ0) is 30.3. The third-order valence-electron chi connectivity index (χ3n) is 6.01. The van der Waals surface area contributed by atoms with E-state index in [0.29, 0.717) is 23.8 Å². The molecule has 5 amide bonds. The molecule has 0 atom stereocenters. The van der Waals surface area contributed by atoms with Gasteiger partial charge in [0.1, 0.15) is 5.75 Å². The number of nitrogens with zero attached hydrogens (tertiary/aromatic N) is 2. The smallest absolute Gasteiger partial charge is 0.406 e. The predicted molar refractivity (Wildman–Crippen MR) is 157 cm³/mol. The van der Waals surface area contributed by atoms with E-state index in [2.05, 4.69) is 25.7 Å². The van der Waals surface area contributed by atoms with Gasteiger partial charge in [0.05, 0.1) is 11.4 Å². The van der Waals surface area contributed by atoms with Crippen LogP contribution in [-0.2, 0) is 11.2 Å². The number of hydrogen-bond donors (Lipinski definition) is 3. The number of amidine groups is 1. The normalized spacial score (nSPS) is 14.3. The first-order valence-electron chi connectivity index (χ1n) is 12.9. The van der Waals surface area contributed by atoms with Crippen molar-refractivity contribution in [2.45, 2.75) is 32.5 Å². The number of alkyl halides is 3. The Bertz CT molecular complexity index is 1460. The number of anilines is 3. The molecule has 4 rings (SSSR count). The summed E-state index contributed by atoms with van der Waals surface area (Å²) in [5, 5.41) is 8.24. The number of thioether (sulfide) groups is 1. The number of rotatable bonds is 8. The van der Waals surface area contributed by atoms with Crippen LogP contribution >= 0.6 is 11.8 Å². The second-order valence-electron chi connectivity index (χ2n) is 9.46. The number of amides is 5. The van der Waals surface area contributed by atoms with Gasteiger partial charge in [-0.15, -0.1) is 13.2 Å². The van der Waals surface area contributed by atoms with Gasteiger partial charge < -0.3 is 20.7 Å². The Balaban J connectivity index is 1.26.